The zero-order valence-electron chi connectivity index (χ0n) is 15.9. The largest absolute Gasteiger partial charge is 0.454 e. The van der Waals surface area contributed by atoms with Crippen molar-refractivity contribution in [3.63, 3.8) is 0 Å². The maximum atomic E-state index is 13.6. The van der Waals surface area contributed by atoms with Crippen LogP contribution in [0.15, 0.2) is 41.3 Å². The molecular formula is C21H17FN2O4S2. The standard InChI is InChI=1S/C21H17FN2O4S2/c1-12-2-4-14(10-15(12)22)19(25)23-6-7-24-20(26)18(30-21(24)29)9-13-3-5-16-17(8-13)28-11-27-16/h2-5,8-10H,6-7,11H2,1H3,(H,23,25)/b18-9-. The van der Waals surface area contributed by atoms with E-state index in [4.69, 9.17) is 21.7 Å². The van der Waals surface area contributed by atoms with E-state index in [0.29, 0.717) is 26.3 Å². The smallest absolute Gasteiger partial charge is 0.266 e. The highest BCUT2D eigenvalue weighted by Crippen LogP contribution is 2.36. The summed E-state index contributed by atoms with van der Waals surface area (Å²) in [5, 5.41) is 2.69. The number of thioether (sulfide) groups is 1. The van der Waals surface area contributed by atoms with Crippen LogP contribution in [0.1, 0.15) is 21.5 Å². The molecule has 0 radical (unpaired) electrons. The Hall–Kier alpha value is -2.91. The molecular weight excluding hydrogens is 427 g/mol. The molecule has 30 heavy (non-hydrogen) atoms. The Balaban J connectivity index is 1.37. The molecule has 2 aromatic carbocycles. The van der Waals surface area contributed by atoms with Crippen molar-refractivity contribution in [2.24, 2.45) is 0 Å². The van der Waals surface area contributed by atoms with Crippen LogP contribution in [0.25, 0.3) is 6.08 Å². The predicted octanol–water partition coefficient (Wildman–Crippen LogP) is 3.49. The van der Waals surface area contributed by atoms with Gasteiger partial charge in [-0.15, -0.1) is 0 Å². The van der Waals surface area contributed by atoms with E-state index in [1.54, 1.807) is 37.3 Å². The molecule has 0 saturated carbocycles. The Kier molecular flexibility index (Phi) is 5.74. The highest BCUT2D eigenvalue weighted by atomic mass is 32.2. The first-order valence-electron chi connectivity index (χ1n) is 9.12. The SMILES string of the molecule is Cc1ccc(C(=O)NCCN2C(=O)/C(=C/c3ccc4c(c3)OCO4)SC2=S)cc1F. The highest BCUT2D eigenvalue weighted by molar-refractivity contribution is 8.26. The number of halogens is 1. The molecule has 2 aromatic rings. The van der Waals surface area contributed by atoms with Gasteiger partial charge in [-0.2, -0.15) is 0 Å². The number of nitrogens with one attached hydrogen (secondary N) is 1. The lowest BCUT2D eigenvalue weighted by molar-refractivity contribution is -0.122. The summed E-state index contributed by atoms with van der Waals surface area (Å²) >= 11 is 6.52. The third-order valence-electron chi connectivity index (χ3n) is 4.62. The fourth-order valence-electron chi connectivity index (χ4n) is 2.96. The molecule has 2 amide bonds. The molecule has 0 bridgehead atoms. The number of hydrogen-bond acceptors (Lipinski definition) is 6. The van der Waals surface area contributed by atoms with Gasteiger partial charge >= 0.3 is 0 Å². The van der Waals surface area contributed by atoms with Crippen molar-refractivity contribution < 1.29 is 23.5 Å². The summed E-state index contributed by atoms with van der Waals surface area (Å²) in [5.41, 5.74) is 1.50. The van der Waals surface area contributed by atoms with Crippen LogP contribution in [0.3, 0.4) is 0 Å². The van der Waals surface area contributed by atoms with Crippen LogP contribution in [0.4, 0.5) is 4.39 Å². The average molecular weight is 445 g/mol. The number of benzene rings is 2. The minimum absolute atomic E-state index is 0.182. The molecule has 1 N–H and O–H groups in total. The summed E-state index contributed by atoms with van der Waals surface area (Å²) in [6.07, 6.45) is 1.74. The Morgan fingerprint density at radius 1 is 1.27 bits per heavy atom. The number of amides is 2. The number of carbonyl (C=O) groups excluding carboxylic acids is 2. The van der Waals surface area contributed by atoms with Crippen LogP contribution in [0, 0.1) is 12.7 Å². The van der Waals surface area contributed by atoms with Gasteiger partial charge in [-0.3, -0.25) is 14.5 Å². The van der Waals surface area contributed by atoms with Crippen LogP contribution >= 0.6 is 24.0 Å². The molecule has 0 unspecified atom stereocenters. The molecule has 2 aliphatic heterocycles. The third-order valence-corrected chi connectivity index (χ3v) is 6.00. The van der Waals surface area contributed by atoms with Gasteiger partial charge in [-0.1, -0.05) is 36.1 Å². The predicted molar refractivity (Wildman–Crippen MR) is 116 cm³/mol. The average Bonchev–Trinajstić information content (AvgIpc) is 3.29. The molecule has 0 spiro atoms. The maximum absolute atomic E-state index is 13.6. The normalized spacial score (nSPS) is 16.5. The van der Waals surface area contributed by atoms with Crippen LogP contribution < -0.4 is 14.8 Å². The van der Waals surface area contributed by atoms with Crippen LogP contribution in [0.5, 0.6) is 11.5 Å². The molecule has 2 aliphatic rings. The minimum atomic E-state index is -0.437. The number of rotatable bonds is 5. The van der Waals surface area contributed by atoms with Gasteiger partial charge in [0.1, 0.15) is 10.1 Å². The summed E-state index contributed by atoms with van der Waals surface area (Å²) < 4.78 is 24.7. The van der Waals surface area contributed by atoms with Crippen molar-refractivity contribution in [3.05, 3.63) is 63.8 Å². The molecule has 1 fully saturated rings. The first-order valence-corrected chi connectivity index (χ1v) is 10.3. The van der Waals surface area contributed by atoms with E-state index in [1.165, 1.54) is 22.7 Å². The Morgan fingerprint density at radius 2 is 2.07 bits per heavy atom. The zero-order valence-corrected chi connectivity index (χ0v) is 17.6. The Labute approximate surface area is 182 Å². The fourth-order valence-corrected chi connectivity index (χ4v) is 4.27. The van der Waals surface area contributed by atoms with E-state index in [1.807, 2.05) is 6.07 Å². The van der Waals surface area contributed by atoms with Crippen molar-refractivity contribution in [2.75, 3.05) is 19.9 Å². The van der Waals surface area contributed by atoms with Crippen molar-refractivity contribution >= 4 is 46.2 Å². The van der Waals surface area contributed by atoms with Crippen LogP contribution in [-0.4, -0.2) is 40.9 Å². The van der Waals surface area contributed by atoms with Gasteiger partial charge < -0.3 is 14.8 Å². The van der Waals surface area contributed by atoms with E-state index < -0.39 is 11.7 Å². The van der Waals surface area contributed by atoms with E-state index in [2.05, 4.69) is 5.32 Å². The van der Waals surface area contributed by atoms with Crippen molar-refractivity contribution in [2.45, 2.75) is 6.92 Å². The molecule has 6 nitrogen and oxygen atoms in total. The van der Waals surface area contributed by atoms with Gasteiger partial charge in [0.25, 0.3) is 11.8 Å². The second kappa shape index (κ2) is 8.45. The summed E-state index contributed by atoms with van der Waals surface area (Å²) in [5.74, 6) is 0.236. The lowest BCUT2D eigenvalue weighted by atomic mass is 10.1. The number of fused-ring (bicyclic) bond motifs is 1. The fraction of sp³-hybridized carbons (Fsp3) is 0.190. The van der Waals surface area contributed by atoms with Gasteiger partial charge in [0.2, 0.25) is 6.79 Å². The molecule has 9 heteroatoms. The topological polar surface area (TPSA) is 67.9 Å². The second-order valence-corrected chi connectivity index (χ2v) is 8.34. The molecule has 0 atom stereocenters. The van der Waals surface area contributed by atoms with Gasteiger partial charge in [-0.25, -0.2) is 4.39 Å². The van der Waals surface area contributed by atoms with Gasteiger partial charge in [0, 0.05) is 18.7 Å². The monoisotopic (exact) mass is 444 g/mol. The van der Waals surface area contributed by atoms with E-state index >= 15 is 0 Å². The van der Waals surface area contributed by atoms with Crippen LogP contribution in [-0.2, 0) is 4.79 Å². The second-order valence-electron chi connectivity index (χ2n) is 6.67. The quantitative estimate of drug-likeness (QED) is 0.563. The lowest BCUT2D eigenvalue weighted by Gasteiger charge is -2.15. The van der Waals surface area contributed by atoms with E-state index in [-0.39, 0.29) is 31.4 Å². The van der Waals surface area contributed by atoms with Gasteiger partial charge in [0.15, 0.2) is 11.5 Å². The van der Waals surface area contributed by atoms with Crippen molar-refractivity contribution in [1.82, 2.24) is 10.2 Å². The molecule has 1 saturated heterocycles. The maximum Gasteiger partial charge on any atom is 0.266 e. The van der Waals surface area contributed by atoms with Crippen LogP contribution in [0.2, 0.25) is 0 Å². The van der Waals surface area contributed by atoms with Gasteiger partial charge in [-0.05, 0) is 48.4 Å². The number of aryl methyl sites for hydroxylation is 1. The number of ether oxygens (including phenoxy) is 2. The van der Waals surface area contributed by atoms with E-state index in [9.17, 15) is 14.0 Å². The molecule has 2 heterocycles. The number of nitrogens with zero attached hydrogens (tertiary/aromatic N) is 1. The third kappa shape index (κ3) is 4.17. The Morgan fingerprint density at radius 3 is 2.87 bits per heavy atom. The summed E-state index contributed by atoms with van der Waals surface area (Å²) in [7, 11) is 0. The first-order chi connectivity index (χ1) is 14.4. The minimum Gasteiger partial charge on any atom is -0.454 e. The first kappa shape index (κ1) is 20.4. The lowest BCUT2D eigenvalue weighted by Crippen LogP contribution is -2.37. The summed E-state index contributed by atoms with van der Waals surface area (Å²) in [4.78, 5) is 26.8. The molecule has 0 aliphatic carbocycles. The molecule has 0 aromatic heterocycles. The number of thiocarbonyl (C=S) groups is 1. The van der Waals surface area contributed by atoms with Crippen molar-refractivity contribution in [1.29, 1.82) is 0 Å². The van der Waals surface area contributed by atoms with Crippen molar-refractivity contribution in [3.8, 4) is 11.5 Å². The summed E-state index contributed by atoms with van der Waals surface area (Å²) in [6, 6.07) is 9.72. The van der Waals surface area contributed by atoms with Gasteiger partial charge in [0.05, 0.1) is 4.91 Å². The van der Waals surface area contributed by atoms with E-state index in [0.717, 1.165) is 5.56 Å². The molecule has 154 valence electrons. The Bertz CT molecular complexity index is 1090. The molecule has 4 rings (SSSR count). The summed E-state index contributed by atoms with van der Waals surface area (Å²) in [6.45, 7) is 2.23. The zero-order chi connectivity index (χ0) is 21.3. The number of carbonyl (C=O) groups is 2. The highest BCUT2D eigenvalue weighted by Gasteiger charge is 2.31. The number of hydrogen-bond donors (Lipinski definition) is 1.